The molecular weight excluding hydrogens is 330 g/mol. The first-order valence-corrected chi connectivity index (χ1v) is 11.2. The summed E-state index contributed by atoms with van der Waals surface area (Å²) in [6.45, 7) is 7.45. The van der Waals surface area contributed by atoms with Gasteiger partial charge in [-0.25, -0.2) is 0 Å². The number of allylic oxidation sites excluding steroid dienone is 2. The van der Waals surface area contributed by atoms with E-state index in [1.54, 1.807) is 5.57 Å². The summed E-state index contributed by atoms with van der Waals surface area (Å²) in [5.41, 5.74) is 3.68. The lowest BCUT2D eigenvalue weighted by Gasteiger charge is -2.62. The molecule has 2 heteroatoms. The third-order valence-corrected chi connectivity index (χ3v) is 9.72. The van der Waals surface area contributed by atoms with E-state index in [2.05, 4.69) is 50.2 Å². The Bertz CT molecular complexity index is 742. The molecule has 146 valence electrons. The van der Waals surface area contributed by atoms with Gasteiger partial charge in [-0.15, -0.1) is 0 Å². The van der Waals surface area contributed by atoms with Gasteiger partial charge in [-0.2, -0.15) is 0 Å². The summed E-state index contributed by atoms with van der Waals surface area (Å²) < 4.78 is 0. The topological polar surface area (TPSA) is 33.1 Å². The molecule has 8 atom stereocenters. The lowest BCUT2D eigenvalue weighted by atomic mass is 9.43. The quantitative estimate of drug-likeness (QED) is 0.690. The van der Waals surface area contributed by atoms with Crippen LogP contribution in [0.1, 0.15) is 71.3 Å². The fraction of sp³-hybridized carbons (Fsp3) is 0.720. The monoisotopic (exact) mass is 365 g/mol. The Morgan fingerprint density at radius 1 is 1.04 bits per heavy atom. The summed E-state index contributed by atoms with van der Waals surface area (Å²) in [6.07, 6.45) is 15.3. The summed E-state index contributed by atoms with van der Waals surface area (Å²) in [7, 11) is 0. The molecule has 4 aliphatic carbocycles. The van der Waals surface area contributed by atoms with Gasteiger partial charge in [0.15, 0.2) is 0 Å². The summed E-state index contributed by atoms with van der Waals surface area (Å²) >= 11 is 0. The minimum absolute atomic E-state index is 0.0705. The van der Waals surface area contributed by atoms with Crippen molar-refractivity contribution in [1.29, 1.82) is 0 Å². The molecule has 0 saturated heterocycles. The lowest BCUT2D eigenvalue weighted by Crippen LogP contribution is -2.55. The predicted octanol–water partition coefficient (Wildman–Crippen LogP) is 5.72. The number of hydrogen-bond donors (Lipinski definition) is 1. The molecule has 1 aromatic heterocycles. The van der Waals surface area contributed by atoms with Crippen LogP contribution in [-0.4, -0.2) is 16.2 Å². The third kappa shape index (κ3) is 2.44. The molecular formula is C25H35NO. The molecule has 27 heavy (non-hydrogen) atoms. The molecule has 3 fully saturated rings. The van der Waals surface area contributed by atoms with Crippen LogP contribution in [-0.2, 0) is 0 Å². The largest absolute Gasteiger partial charge is 0.393 e. The minimum atomic E-state index is -0.0705. The number of fused-ring (bicyclic) bond motifs is 5. The first-order chi connectivity index (χ1) is 12.9. The smallest absolute Gasteiger partial charge is 0.0568 e. The molecule has 4 aliphatic rings. The van der Waals surface area contributed by atoms with Crippen molar-refractivity contribution in [1.82, 2.24) is 4.98 Å². The second kappa shape index (κ2) is 6.17. The van der Waals surface area contributed by atoms with Crippen molar-refractivity contribution in [2.24, 2.45) is 40.4 Å². The fourth-order valence-electron chi connectivity index (χ4n) is 8.25. The van der Waals surface area contributed by atoms with Gasteiger partial charge in [-0.1, -0.05) is 32.9 Å². The molecule has 1 aromatic rings. The van der Waals surface area contributed by atoms with Gasteiger partial charge < -0.3 is 5.11 Å². The number of aliphatic hydroxyl groups is 1. The van der Waals surface area contributed by atoms with Crippen LogP contribution in [0.2, 0.25) is 0 Å². The maximum Gasteiger partial charge on any atom is 0.0568 e. The highest BCUT2D eigenvalue weighted by atomic mass is 16.3. The summed E-state index contributed by atoms with van der Waals surface area (Å²) in [4.78, 5) is 4.40. The van der Waals surface area contributed by atoms with E-state index in [-0.39, 0.29) is 6.10 Å². The molecule has 0 aliphatic heterocycles. The summed E-state index contributed by atoms with van der Waals surface area (Å²) in [6, 6.07) is 4.33. The van der Waals surface area contributed by atoms with Crippen LogP contribution < -0.4 is 0 Å². The van der Waals surface area contributed by atoms with E-state index < -0.39 is 0 Å². The minimum Gasteiger partial charge on any atom is -0.393 e. The van der Waals surface area contributed by atoms with E-state index in [4.69, 9.17) is 0 Å². The third-order valence-electron chi connectivity index (χ3n) is 9.72. The SMILES string of the molecule is CC1C(O)CC[C@@]2(C)C1CC[C@@H]1[C@@H]2CC[C@]2(C)C(c3cccnc3)=CC[C@@H]12. The van der Waals surface area contributed by atoms with Crippen molar-refractivity contribution in [3.63, 3.8) is 0 Å². The molecule has 0 aromatic carbocycles. The molecule has 1 heterocycles. The van der Waals surface area contributed by atoms with Crippen molar-refractivity contribution in [3.8, 4) is 0 Å². The Labute approximate surface area is 164 Å². The number of pyridine rings is 1. The van der Waals surface area contributed by atoms with E-state index >= 15 is 0 Å². The predicted molar refractivity (Wildman–Crippen MR) is 110 cm³/mol. The number of aliphatic hydroxyl groups excluding tert-OH is 1. The van der Waals surface area contributed by atoms with Crippen LogP contribution in [0.5, 0.6) is 0 Å². The lowest BCUT2D eigenvalue weighted by molar-refractivity contribution is -0.138. The molecule has 0 spiro atoms. The van der Waals surface area contributed by atoms with Crippen LogP contribution in [0.4, 0.5) is 0 Å². The molecule has 0 bridgehead atoms. The van der Waals surface area contributed by atoms with E-state index in [1.807, 2.05) is 6.20 Å². The van der Waals surface area contributed by atoms with Gasteiger partial charge in [-0.3, -0.25) is 4.98 Å². The summed E-state index contributed by atoms with van der Waals surface area (Å²) in [5, 5.41) is 10.5. The van der Waals surface area contributed by atoms with Crippen molar-refractivity contribution < 1.29 is 5.11 Å². The second-order valence-corrected chi connectivity index (χ2v) is 10.6. The zero-order valence-electron chi connectivity index (χ0n) is 17.2. The molecule has 0 amide bonds. The van der Waals surface area contributed by atoms with E-state index in [9.17, 15) is 5.11 Å². The van der Waals surface area contributed by atoms with Crippen molar-refractivity contribution >= 4 is 5.57 Å². The number of rotatable bonds is 1. The Morgan fingerprint density at radius 3 is 2.67 bits per heavy atom. The van der Waals surface area contributed by atoms with Gasteiger partial charge in [0.1, 0.15) is 0 Å². The van der Waals surface area contributed by atoms with E-state index in [0.717, 1.165) is 30.1 Å². The molecule has 3 unspecified atom stereocenters. The Balaban J connectivity index is 1.45. The average Bonchev–Trinajstić information content (AvgIpc) is 3.03. The highest BCUT2D eigenvalue weighted by molar-refractivity contribution is 5.72. The average molecular weight is 366 g/mol. The number of nitrogens with zero attached hydrogens (tertiary/aromatic N) is 1. The van der Waals surface area contributed by atoms with Crippen LogP contribution >= 0.6 is 0 Å². The van der Waals surface area contributed by atoms with E-state index in [0.29, 0.717) is 16.7 Å². The number of hydrogen-bond acceptors (Lipinski definition) is 2. The highest BCUT2D eigenvalue weighted by Crippen LogP contribution is 2.68. The van der Waals surface area contributed by atoms with Gasteiger partial charge in [0.2, 0.25) is 0 Å². The Morgan fingerprint density at radius 2 is 1.89 bits per heavy atom. The van der Waals surface area contributed by atoms with Gasteiger partial charge in [0, 0.05) is 12.4 Å². The van der Waals surface area contributed by atoms with E-state index in [1.165, 1.54) is 44.1 Å². The molecule has 0 radical (unpaired) electrons. The first-order valence-electron chi connectivity index (χ1n) is 11.2. The molecule has 1 N–H and O–H groups in total. The molecule has 3 saturated carbocycles. The zero-order chi connectivity index (χ0) is 18.8. The zero-order valence-corrected chi connectivity index (χ0v) is 17.2. The van der Waals surface area contributed by atoms with Gasteiger partial charge in [0.25, 0.3) is 0 Å². The summed E-state index contributed by atoms with van der Waals surface area (Å²) in [5.74, 6) is 3.71. The second-order valence-electron chi connectivity index (χ2n) is 10.6. The van der Waals surface area contributed by atoms with Gasteiger partial charge in [0.05, 0.1) is 6.10 Å². The highest BCUT2D eigenvalue weighted by Gasteiger charge is 2.59. The van der Waals surface area contributed by atoms with Crippen molar-refractivity contribution in [2.45, 2.75) is 71.8 Å². The van der Waals surface area contributed by atoms with Crippen molar-refractivity contribution in [2.75, 3.05) is 0 Å². The van der Waals surface area contributed by atoms with Crippen LogP contribution in [0, 0.1) is 40.4 Å². The standard InChI is InChI=1S/C25H35NO/c1-16-19-7-6-18-21-9-8-20(17-5-4-14-26-15-17)25(21,3)12-10-22(18)24(19,2)13-11-23(16)27/h4-5,8,14-16,18-19,21-23,27H,6-7,9-13H2,1-3H3/t16?,18-,19?,21-,22-,23?,24-,25+/m0/s1. The molecule has 2 nitrogen and oxygen atoms in total. The van der Waals surface area contributed by atoms with Crippen LogP contribution in [0.3, 0.4) is 0 Å². The van der Waals surface area contributed by atoms with Crippen molar-refractivity contribution in [3.05, 3.63) is 36.2 Å². The fourth-order valence-corrected chi connectivity index (χ4v) is 8.25. The van der Waals surface area contributed by atoms with Gasteiger partial charge >= 0.3 is 0 Å². The maximum atomic E-state index is 10.5. The Hall–Kier alpha value is -1.15. The van der Waals surface area contributed by atoms with Crippen LogP contribution in [0.15, 0.2) is 30.6 Å². The normalized spacial score (nSPS) is 49.0. The maximum absolute atomic E-state index is 10.5. The van der Waals surface area contributed by atoms with Crippen LogP contribution in [0.25, 0.3) is 5.57 Å². The number of aromatic nitrogens is 1. The molecule has 5 rings (SSSR count). The Kier molecular flexibility index (Phi) is 4.10. The van der Waals surface area contributed by atoms with Gasteiger partial charge in [-0.05, 0) is 103 Å². The first kappa shape index (κ1) is 17.9.